The molecule has 5 nitrogen and oxygen atoms in total. The van der Waals surface area contributed by atoms with E-state index in [1.54, 1.807) is 0 Å². The summed E-state index contributed by atoms with van der Waals surface area (Å²) in [7, 11) is 0. The van der Waals surface area contributed by atoms with E-state index in [-0.39, 0.29) is 25.2 Å². The third-order valence-corrected chi connectivity index (χ3v) is 9.12. The molecule has 0 saturated heterocycles. The van der Waals surface area contributed by atoms with Gasteiger partial charge < -0.3 is 14.2 Å². The Labute approximate surface area is 345 Å². The molecule has 0 fully saturated rings. The fourth-order valence-corrected chi connectivity index (χ4v) is 5.78. The summed E-state index contributed by atoms with van der Waals surface area (Å²) in [6, 6.07) is 0. The van der Waals surface area contributed by atoms with E-state index in [1.807, 2.05) is 0 Å². The van der Waals surface area contributed by atoms with E-state index in [4.69, 9.17) is 14.2 Å². The van der Waals surface area contributed by atoms with Crippen molar-refractivity contribution in [3.8, 4) is 0 Å². The molecule has 0 aliphatic rings. The zero-order valence-electron chi connectivity index (χ0n) is 36.4. The molecule has 0 aliphatic carbocycles. The van der Waals surface area contributed by atoms with Crippen LogP contribution in [0.15, 0.2) is 97.2 Å². The second-order valence-corrected chi connectivity index (χ2v) is 14.5. The molecule has 0 aromatic rings. The lowest BCUT2D eigenvalue weighted by Gasteiger charge is -2.18. The Balaban J connectivity index is 4.15. The summed E-state index contributed by atoms with van der Waals surface area (Å²) < 4.78 is 17.2. The fraction of sp³-hybridized carbons (Fsp3) is 0.647. The number of carbonyl (C=O) groups is 2. The highest BCUT2D eigenvalue weighted by molar-refractivity contribution is 5.70. The molecule has 0 bridgehead atoms. The molecule has 0 rings (SSSR count). The fourth-order valence-electron chi connectivity index (χ4n) is 5.78. The Hall–Kier alpha value is -3.18. The number of carbonyl (C=O) groups excluding carboxylic acids is 2. The van der Waals surface area contributed by atoms with Gasteiger partial charge in [0, 0.05) is 19.4 Å². The predicted octanol–water partition coefficient (Wildman–Crippen LogP) is 15.1. The van der Waals surface area contributed by atoms with Crippen molar-refractivity contribution in [3.63, 3.8) is 0 Å². The van der Waals surface area contributed by atoms with Gasteiger partial charge in [-0.3, -0.25) is 9.59 Å². The second kappa shape index (κ2) is 46.2. The Morgan fingerprint density at radius 3 is 1.32 bits per heavy atom. The topological polar surface area (TPSA) is 61.8 Å². The van der Waals surface area contributed by atoms with E-state index in [0.717, 1.165) is 109 Å². The van der Waals surface area contributed by atoms with Crippen LogP contribution in [-0.2, 0) is 23.8 Å². The van der Waals surface area contributed by atoms with Crippen molar-refractivity contribution in [3.05, 3.63) is 97.2 Å². The van der Waals surface area contributed by atoms with Crippen molar-refractivity contribution >= 4 is 11.9 Å². The molecule has 0 N–H and O–H groups in total. The van der Waals surface area contributed by atoms with Crippen LogP contribution in [0.3, 0.4) is 0 Å². The summed E-state index contributed by atoms with van der Waals surface area (Å²) in [5.74, 6) is -0.472. The smallest absolute Gasteiger partial charge is 0.306 e. The lowest BCUT2D eigenvalue weighted by atomic mass is 10.1. The first-order valence-corrected chi connectivity index (χ1v) is 22.8. The highest BCUT2D eigenvalue weighted by Crippen LogP contribution is 2.11. The molecular formula is C51H84O5. The SMILES string of the molecule is CC/C=C\C/C=C\C/C=C\C/C=C\CCCCCCCCCOCC(COC(=O)CCCC/C=C\C/C=C\C/C=C\C/C=C\CC)OC(=O)CCCCCCC. The van der Waals surface area contributed by atoms with Gasteiger partial charge in [-0.15, -0.1) is 0 Å². The number of hydrogen-bond donors (Lipinski definition) is 0. The average molecular weight is 777 g/mol. The van der Waals surface area contributed by atoms with Gasteiger partial charge in [-0.05, 0) is 96.3 Å². The molecule has 1 atom stereocenters. The van der Waals surface area contributed by atoms with Gasteiger partial charge in [-0.2, -0.15) is 0 Å². The first-order valence-electron chi connectivity index (χ1n) is 22.8. The maximum Gasteiger partial charge on any atom is 0.306 e. The van der Waals surface area contributed by atoms with Gasteiger partial charge in [-0.25, -0.2) is 0 Å². The number of unbranched alkanes of at least 4 members (excludes halogenated alkanes) is 13. The van der Waals surface area contributed by atoms with E-state index < -0.39 is 6.10 Å². The molecule has 0 amide bonds. The number of ether oxygens (including phenoxy) is 3. The lowest BCUT2D eigenvalue weighted by molar-refractivity contribution is -0.163. The minimum absolute atomic E-state index is 0.0538. The zero-order valence-corrected chi connectivity index (χ0v) is 36.4. The maximum absolute atomic E-state index is 12.5. The zero-order chi connectivity index (χ0) is 40.7. The molecule has 0 aliphatic heterocycles. The van der Waals surface area contributed by atoms with Gasteiger partial charge in [0.05, 0.1) is 6.61 Å². The molecular weight excluding hydrogens is 693 g/mol. The average Bonchev–Trinajstić information content (AvgIpc) is 3.20. The van der Waals surface area contributed by atoms with Crippen molar-refractivity contribution in [1.82, 2.24) is 0 Å². The lowest BCUT2D eigenvalue weighted by Crippen LogP contribution is -2.30. The van der Waals surface area contributed by atoms with Crippen LogP contribution in [-0.4, -0.2) is 37.9 Å². The molecule has 0 aromatic carbocycles. The molecule has 0 radical (unpaired) electrons. The van der Waals surface area contributed by atoms with Crippen LogP contribution in [0.4, 0.5) is 0 Å². The monoisotopic (exact) mass is 777 g/mol. The van der Waals surface area contributed by atoms with Gasteiger partial charge in [0.25, 0.3) is 0 Å². The summed E-state index contributed by atoms with van der Waals surface area (Å²) in [6.45, 7) is 7.44. The number of esters is 2. The van der Waals surface area contributed by atoms with E-state index >= 15 is 0 Å². The minimum atomic E-state index is -0.559. The van der Waals surface area contributed by atoms with E-state index in [9.17, 15) is 9.59 Å². The van der Waals surface area contributed by atoms with Gasteiger partial charge in [-0.1, -0.05) is 176 Å². The van der Waals surface area contributed by atoms with Gasteiger partial charge in [0.15, 0.2) is 6.10 Å². The Morgan fingerprint density at radius 1 is 0.411 bits per heavy atom. The summed E-state index contributed by atoms with van der Waals surface area (Å²) >= 11 is 0. The molecule has 56 heavy (non-hydrogen) atoms. The third-order valence-electron chi connectivity index (χ3n) is 9.12. The van der Waals surface area contributed by atoms with Crippen molar-refractivity contribution in [2.75, 3.05) is 19.8 Å². The van der Waals surface area contributed by atoms with E-state index in [1.165, 1.54) is 44.9 Å². The minimum Gasteiger partial charge on any atom is -0.462 e. The Kier molecular flexibility index (Phi) is 43.6. The van der Waals surface area contributed by atoms with Crippen LogP contribution < -0.4 is 0 Å². The molecule has 1 unspecified atom stereocenters. The maximum atomic E-state index is 12.5. The van der Waals surface area contributed by atoms with Crippen LogP contribution in [0.2, 0.25) is 0 Å². The van der Waals surface area contributed by atoms with Crippen LogP contribution in [0, 0.1) is 0 Å². The highest BCUT2D eigenvalue weighted by atomic mass is 16.6. The second-order valence-electron chi connectivity index (χ2n) is 14.5. The molecule has 0 saturated carbocycles. The largest absolute Gasteiger partial charge is 0.462 e. The van der Waals surface area contributed by atoms with Gasteiger partial charge in [0.2, 0.25) is 0 Å². The molecule has 5 heteroatoms. The number of hydrogen-bond acceptors (Lipinski definition) is 5. The van der Waals surface area contributed by atoms with Crippen molar-refractivity contribution in [2.45, 2.75) is 194 Å². The van der Waals surface area contributed by atoms with Crippen LogP contribution >= 0.6 is 0 Å². The highest BCUT2D eigenvalue weighted by Gasteiger charge is 2.17. The van der Waals surface area contributed by atoms with Gasteiger partial charge >= 0.3 is 11.9 Å². The third kappa shape index (κ3) is 43.5. The quantitative estimate of drug-likeness (QED) is 0.0352. The predicted molar refractivity (Wildman–Crippen MR) is 242 cm³/mol. The first kappa shape index (κ1) is 52.8. The van der Waals surface area contributed by atoms with Gasteiger partial charge in [0.1, 0.15) is 6.61 Å². The number of rotatable bonds is 40. The normalized spacial score (nSPS) is 13.1. The van der Waals surface area contributed by atoms with E-state index in [0.29, 0.717) is 19.4 Å². The summed E-state index contributed by atoms with van der Waals surface area (Å²) in [5, 5.41) is 0. The van der Waals surface area contributed by atoms with Crippen molar-refractivity contribution in [2.24, 2.45) is 0 Å². The van der Waals surface area contributed by atoms with Crippen LogP contribution in [0.1, 0.15) is 188 Å². The summed E-state index contributed by atoms with van der Waals surface area (Å²) in [5.41, 5.74) is 0. The van der Waals surface area contributed by atoms with Crippen LogP contribution in [0.25, 0.3) is 0 Å². The standard InChI is InChI=1S/C51H84O5/c1-4-7-10-13-15-17-19-21-23-24-25-26-27-29-31-33-35-37-40-43-46-54-47-49(56-51(53)45-42-38-12-9-6-3)48-55-50(52)44-41-39-36-34-32-30-28-22-20-18-16-14-11-8-5-2/h7-8,10-11,15-18,21-23,25-26,28,32,34,49H,4-6,9,12-14,19-20,24,27,29-31,33,35-48H2,1-3H3/b10-7-,11-8-,17-15-,18-16-,23-21-,26-25-,28-22-,34-32-. The van der Waals surface area contributed by atoms with Crippen molar-refractivity contribution < 1.29 is 23.8 Å². The molecule has 0 spiro atoms. The van der Waals surface area contributed by atoms with Crippen molar-refractivity contribution in [1.29, 1.82) is 0 Å². The molecule has 318 valence electrons. The first-order chi connectivity index (χ1) is 27.6. The molecule has 0 heterocycles. The summed E-state index contributed by atoms with van der Waals surface area (Å²) in [6.07, 6.45) is 61.5. The Morgan fingerprint density at radius 2 is 0.804 bits per heavy atom. The summed E-state index contributed by atoms with van der Waals surface area (Å²) in [4.78, 5) is 25.0. The Bertz CT molecular complexity index is 1110. The van der Waals surface area contributed by atoms with E-state index in [2.05, 4.69) is 118 Å². The number of allylic oxidation sites excluding steroid dienone is 16. The molecule has 0 aromatic heterocycles. The van der Waals surface area contributed by atoms with Crippen LogP contribution in [0.5, 0.6) is 0 Å².